The number of ether oxygens (including phenoxy) is 2. The van der Waals surface area contributed by atoms with Gasteiger partial charge in [0, 0.05) is 20.1 Å². The summed E-state index contributed by atoms with van der Waals surface area (Å²) in [4.78, 5) is 17.5. The Morgan fingerprint density at radius 2 is 2.10 bits per heavy atom. The summed E-state index contributed by atoms with van der Waals surface area (Å²) in [6.45, 7) is 2.65. The molecule has 1 N–H and O–H groups in total. The molecule has 114 valence electrons. The zero-order valence-electron chi connectivity index (χ0n) is 12.5. The summed E-state index contributed by atoms with van der Waals surface area (Å²) in [6, 6.07) is 7.50. The van der Waals surface area contributed by atoms with Crippen LogP contribution in [0.4, 0.5) is 0 Å². The van der Waals surface area contributed by atoms with Crippen molar-refractivity contribution in [3.05, 3.63) is 29.8 Å². The summed E-state index contributed by atoms with van der Waals surface area (Å²) >= 11 is 0. The molecule has 6 nitrogen and oxygen atoms in total. The lowest BCUT2D eigenvalue weighted by Crippen LogP contribution is -2.45. The van der Waals surface area contributed by atoms with E-state index < -0.39 is 5.60 Å². The van der Waals surface area contributed by atoms with Crippen LogP contribution >= 0.6 is 0 Å². The normalized spacial score (nSPS) is 20.6. The minimum atomic E-state index is -0.969. The minimum Gasteiger partial charge on any atom is -0.497 e. The maximum absolute atomic E-state index is 12.1. The molecule has 0 spiro atoms. The highest BCUT2D eigenvalue weighted by atomic mass is 16.7. The van der Waals surface area contributed by atoms with E-state index in [1.807, 2.05) is 24.3 Å². The van der Waals surface area contributed by atoms with E-state index >= 15 is 0 Å². The molecular formula is C15H20N2O4. The van der Waals surface area contributed by atoms with Crippen LogP contribution in [0.5, 0.6) is 5.75 Å². The highest BCUT2D eigenvalue weighted by Gasteiger charge is 2.41. The number of carbonyl (C=O) groups is 1. The standard InChI is InChI=1S/C15H20N2O4/c1-15(14(18)16-8-9-19-2)10-13(17-21-15)11-4-6-12(20-3)7-5-11/h4-7H,8-10H2,1-3H3,(H,16,18)/t15-/m1/s1. The largest absolute Gasteiger partial charge is 0.497 e. The molecule has 1 aliphatic rings. The van der Waals surface area contributed by atoms with E-state index in [0.29, 0.717) is 19.6 Å². The van der Waals surface area contributed by atoms with E-state index in [1.165, 1.54) is 0 Å². The second kappa shape index (κ2) is 6.58. The van der Waals surface area contributed by atoms with Gasteiger partial charge in [-0.15, -0.1) is 0 Å². The zero-order chi connectivity index (χ0) is 15.3. The van der Waals surface area contributed by atoms with Gasteiger partial charge in [-0.1, -0.05) is 5.16 Å². The molecule has 6 heteroatoms. The maximum atomic E-state index is 12.1. The number of carbonyl (C=O) groups excluding carboxylic acids is 1. The Kier molecular flexibility index (Phi) is 4.80. The molecule has 0 saturated carbocycles. The lowest BCUT2D eigenvalue weighted by atomic mass is 9.95. The summed E-state index contributed by atoms with van der Waals surface area (Å²) in [6.07, 6.45) is 0.429. The Hall–Kier alpha value is -2.08. The van der Waals surface area contributed by atoms with Crippen LogP contribution in [0.1, 0.15) is 18.9 Å². The average molecular weight is 292 g/mol. The number of rotatable bonds is 6. The number of nitrogens with one attached hydrogen (secondary N) is 1. The van der Waals surface area contributed by atoms with E-state index in [2.05, 4.69) is 10.5 Å². The van der Waals surface area contributed by atoms with Crippen molar-refractivity contribution in [1.82, 2.24) is 5.32 Å². The molecule has 0 radical (unpaired) electrons. The molecule has 0 saturated heterocycles. The summed E-state index contributed by atoms with van der Waals surface area (Å²) in [5, 5.41) is 6.82. The van der Waals surface area contributed by atoms with Gasteiger partial charge in [0.1, 0.15) is 5.75 Å². The SMILES string of the molecule is COCCNC(=O)[C@@]1(C)CC(c2ccc(OC)cc2)=NO1. The van der Waals surface area contributed by atoms with Crippen LogP contribution in [0.2, 0.25) is 0 Å². The third kappa shape index (κ3) is 3.52. The number of amides is 1. The smallest absolute Gasteiger partial charge is 0.267 e. The lowest BCUT2D eigenvalue weighted by molar-refractivity contribution is -0.141. The Bertz CT molecular complexity index is 527. The predicted molar refractivity (Wildman–Crippen MR) is 78.5 cm³/mol. The van der Waals surface area contributed by atoms with Crippen LogP contribution in [0.25, 0.3) is 0 Å². The summed E-state index contributed by atoms with van der Waals surface area (Å²) in [5.41, 5.74) is 0.703. The van der Waals surface area contributed by atoms with Crippen molar-refractivity contribution in [3.8, 4) is 5.75 Å². The van der Waals surface area contributed by atoms with Gasteiger partial charge in [-0.3, -0.25) is 4.79 Å². The van der Waals surface area contributed by atoms with E-state index in [-0.39, 0.29) is 5.91 Å². The van der Waals surface area contributed by atoms with Crippen LogP contribution in [0.3, 0.4) is 0 Å². The van der Waals surface area contributed by atoms with E-state index in [9.17, 15) is 4.79 Å². The maximum Gasteiger partial charge on any atom is 0.267 e. The van der Waals surface area contributed by atoms with Crippen molar-refractivity contribution in [1.29, 1.82) is 0 Å². The van der Waals surface area contributed by atoms with Crippen molar-refractivity contribution in [2.45, 2.75) is 18.9 Å². The predicted octanol–water partition coefficient (Wildman–Crippen LogP) is 1.34. The minimum absolute atomic E-state index is 0.188. The fraction of sp³-hybridized carbons (Fsp3) is 0.467. The molecule has 1 aromatic carbocycles. The molecule has 1 atom stereocenters. The molecule has 0 bridgehead atoms. The highest BCUT2D eigenvalue weighted by Crippen LogP contribution is 2.27. The molecule has 21 heavy (non-hydrogen) atoms. The Morgan fingerprint density at radius 3 is 2.71 bits per heavy atom. The van der Waals surface area contributed by atoms with Gasteiger partial charge in [-0.05, 0) is 36.8 Å². The van der Waals surface area contributed by atoms with Gasteiger partial charge in [-0.25, -0.2) is 0 Å². The van der Waals surface area contributed by atoms with Crippen molar-refractivity contribution in [3.63, 3.8) is 0 Å². The monoisotopic (exact) mass is 292 g/mol. The van der Waals surface area contributed by atoms with Crippen molar-refractivity contribution in [2.24, 2.45) is 5.16 Å². The Balaban J connectivity index is 1.98. The van der Waals surface area contributed by atoms with E-state index in [0.717, 1.165) is 17.0 Å². The molecule has 1 amide bonds. The number of benzene rings is 1. The van der Waals surface area contributed by atoms with Gasteiger partial charge in [-0.2, -0.15) is 0 Å². The Morgan fingerprint density at radius 1 is 1.38 bits per heavy atom. The molecule has 0 unspecified atom stereocenters. The van der Waals surface area contributed by atoms with Gasteiger partial charge < -0.3 is 19.6 Å². The third-order valence-electron chi connectivity index (χ3n) is 3.36. The number of hydrogen-bond donors (Lipinski definition) is 1. The van der Waals surface area contributed by atoms with Crippen LogP contribution < -0.4 is 10.1 Å². The van der Waals surface area contributed by atoms with Crippen LogP contribution in [0, 0.1) is 0 Å². The van der Waals surface area contributed by atoms with Crippen molar-refractivity contribution < 1.29 is 19.1 Å². The number of nitrogens with zero attached hydrogens (tertiary/aromatic N) is 1. The van der Waals surface area contributed by atoms with Crippen LogP contribution in [-0.2, 0) is 14.4 Å². The highest BCUT2D eigenvalue weighted by molar-refractivity contribution is 6.05. The van der Waals surface area contributed by atoms with Gasteiger partial charge in [0.25, 0.3) is 5.91 Å². The summed E-state index contributed by atoms with van der Waals surface area (Å²) in [5.74, 6) is 0.588. The fourth-order valence-electron chi connectivity index (χ4n) is 2.05. The first kappa shape index (κ1) is 15.3. The van der Waals surface area contributed by atoms with Gasteiger partial charge in [0.2, 0.25) is 5.60 Å². The molecule has 1 heterocycles. The third-order valence-corrected chi connectivity index (χ3v) is 3.36. The lowest BCUT2D eigenvalue weighted by Gasteiger charge is -2.20. The molecule has 0 fully saturated rings. The molecule has 1 aromatic rings. The first-order valence-corrected chi connectivity index (χ1v) is 6.76. The molecule has 0 aromatic heterocycles. The first-order valence-electron chi connectivity index (χ1n) is 6.76. The Labute approximate surface area is 124 Å². The quantitative estimate of drug-likeness (QED) is 0.803. The average Bonchev–Trinajstić information content (AvgIpc) is 2.91. The second-order valence-electron chi connectivity index (χ2n) is 5.01. The summed E-state index contributed by atoms with van der Waals surface area (Å²) in [7, 11) is 3.21. The molecule has 0 aliphatic carbocycles. The fourth-order valence-corrected chi connectivity index (χ4v) is 2.05. The van der Waals surface area contributed by atoms with Crippen LogP contribution in [0.15, 0.2) is 29.4 Å². The molecule has 1 aliphatic heterocycles. The van der Waals surface area contributed by atoms with E-state index in [4.69, 9.17) is 14.3 Å². The van der Waals surface area contributed by atoms with E-state index in [1.54, 1.807) is 21.1 Å². The molecule has 2 rings (SSSR count). The zero-order valence-corrected chi connectivity index (χ0v) is 12.5. The van der Waals surface area contributed by atoms with Gasteiger partial charge in [0.05, 0.1) is 19.4 Å². The summed E-state index contributed by atoms with van der Waals surface area (Å²) < 4.78 is 10.0. The number of methoxy groups -OCH3 is 2. The van der Waals surface area contributed by atoms with Gasteiger partial charge >= 0.3 is 0 Å². The van der Waals surface area contributed by atoms with Crippen LogP contribution in [-0.4, -0.2) is 44.6 Å². The topological polar surface area (TPSA) is 69.2 Å². The number of hydrogen-bond acceptors (Lipinski definition) is 5. The van der Waals surface area contributed by atoms with Gasteiger partial charge in [0.15, 0.2) is 0 Å². The number of oxime groups is 1. The van der Waals surface area contributed by atoms with Crippen molar-refractivity contribution in [2.75, 3.05) is 27.4 Å². The molecular weight excluding hydrogens is 272 g/mol. The first-order chi connectivity index (χ1) is 10.1. The second-order valence-corrected chi connectivity index (χ2v) is 5.01. The van der Waals surface area contributed by atoms with Crippen molar-refractivity contribution >= 4 is 11.6 Å².